The molecular formula is C27H26O2. The molecule has 0 fully saturated rings. The summed E-state index contributed by atoms with van der Waals surface area (Å²) in [7, 11) is 0. The van der Waals surface area contributed by atoms with E-state index in [0.717, 1.165) is 28.9 Å². The average Bonchev–Trinajstić information content (AvgIpc) is 2.75. The summed E-state index contributed by atoms with van der Waals surface area (Å²) in [4.78, 5) is 12.4. The van der Waals surface area contributed by atoms with Gasteiger partial charge in [0, 0.05) is 23.1 Å². The molecule has 29 heavy (non-hydrogen) atoms. The molecule has 1 atom stereocenters. The SMILES string of the molecule is CCOc1ccc(C#Cc2ccc(CC(C)CC(=O)c3ccccc3)cc2)cc1. The molecule has 0 aliphatic rings. The second-order valence-electron chi connectivity index (χ2n) is 7.21. The van der Waals surface area contributed by atoms with Crippen LogP contribution in [0.5, 0.6) is 5.75 Å². The summed E-state index contributed by atoms with van der Waals surface area (Å²) in [5, 5.41) is 0. The molecule has 3 aromatic carbocycles. The van der Waals surface area contributed by atoms with Crippen LogP contribution in [0.1, 0.15) is 47.3 Å². The smallest absolute Gasteiger partial charge is 0.163 e. The quantitative estimate of drug-likeness (QED) is 0.373. The van der Waals surface area contributed by atoms with Gasteiger partial charge >= 0.3 is 0 Å². The summed E-state index contributed by atoms with van der Waals surface area (Å²) in [6.07, 6.45) is 1.44. The molecular weight excluding hydrogens is 356 g/mol. The van der Waals surface area contributed by atoms with Gasteiger partial charge in [0.25, 0.3) is 0 Å². The molecule has 0 aliphatic carbocycles. The maximum absolute atomic E-state index is 12.4. The Morgan fingerprint density at radius 3 is 2.03 bits per heavy atom. The number of rotatable bonds is 7. The highest BCUT2D eigenvalue weighted by molar-refractivity contribution is 5.96. The van der Waals surface area contributed by atoms with Crippen LogP contribution < -0.4 is 4.74 Å². The predicted octanol–water partition coefficient (Wildman–Crippen LogP) is 5.94. The van der Waals surface area contributed by atoms with Gasteiger partial charge in [0.1, 0.15) is 5.75 Å². The summed E-state index contributed by atoms with van der Waals surface area (Å²) >= 11 is 0. The van der Waals surface area contributed by atoms with E-state index >= 15 is 0 Å². The van der Waals surface area contributed by atoms with Gasteiger partial charge in [-0.25, -0.2) is 0 Å². The molecule has 2 nitrogen and oxygen atoms in total. The Labute approximate surface area is 173 Å². The van der Waals surface area contributed by atoms with Gasteiger partial charge in [-0.15, -0.1) is 0 Å². The molecule has 0 heterocycles. The molecule has 0 bridgehead atoms. The number of Topliss-reactive ketones (excluding diaryl/α,β-unsaturated/α-hetero) is 1. The molecule has 3 rings (SSSR count). The van der Waals surface area contributed by atoms with Crippen LogP contribution >= 0.6 is 0 Å². The van der Waals surface area contributed by atoms with Crippen molar-refractivity contribution in [1.82, 2.24) is 0 Å². The Hall–Kier alpha value is -3.31. The van der Waals surface area contributed by atoms with Crippen molar-refractivity contribution in [2.45, 2.75) is 26.7 Å². The van der Waals surface area contributed by atoms with E-state index in [1.807, 2.05) is 73.7 Å². The van der Waals surface area contributed by atoms with Gasteiger partial charge in [-0.3, -0.25) is 4.79 Å². The lowest BCUT2D eigenvalue weighted by Crippen LogP contribution is -2.08. The lowest BCUT2D eigenvalue weighted by molar-refractivity contribution is 0.0964. The Balaban J connectivity index is 1.55. The average molecular weight is 383 g/mol. The van der Waals surface area contributed by atoms with E-state index < -0.39 is 0 Å². The number of benzene rings is 3. The third-order valence-electron chi connectivity index (χ3n) is 4.68. The first kappa shape index (κ1) is 20.4. The topological polar surface area (TPSA) is 26.3 Å². The first-order valence-electron chi connectivity index (χ1n) is 10.1. The third-order valence-corrected chi connectivity index (χ3v) is 4.68. The van der Waals surface area contributed by atoms with Crippen LogP contribution in [-0.2, 0) is 6.42 Å². The Kier molecular flexibility index (Phi) is 7.25. The molecule has 0 saturated heterocycles. The van der Waals surface area contributed by atoms with E-state index in [4.69, 9.17) is 4.74 Å². The number of carbonyl (C=O) groups is 1. The van der Waals surface area contributed by atoms with E-state index in [1.165, 1.54) is 5.56 Å². The standard InChI is InChI=1S/C27H26O2/c1-3-29-26-17-15-23(16-18-26)10-9-22-11-13-24(14-12-22)19-21(2)20-27(28)25-7-5-4-6-8-25/h4-8,11-18,21H,3,19-20H2,1-2H3. The molecule has 0 saturated carbocycles. The summed E-state index contributed by atoms with van der Waals surface area (Å²) in [5.41, 5.74) is 3.96. The number of carbonyl (C=O) groups excluding carboxylic acids is 1. The number of hydrogen-bond acceptors (Lipinski definition) is 2. The lowest BCUT2D eigenvalue weighted by atomic mass is 9.93. The van der Waals surface area contributed by atoms with Crippen molar-refractivity contribution in [3.63, 3.8) is 0 Å². The van der Waals surface area contributed by atoms with E-state index in [2.05, 4.69) is 30.9 Å². The maximum atomic E-state index is 12.4. The fraction of sp³-hybridized carbons (Fsp3) is 0.222. The van der Waals surface area contributed by atoms with Crippen molar-refractivity contribution in [2.75, 3.05) is 6.61 Å². The molecule has 146 valence electrons. The third kappa shape index (κ3) is 6.36. The van der Waals surface area contributed by atoms with Crippen molar-refractivity contribution in [3.05, 3.63) is 101 Å². The fourth-order valence-corrected chi connectivity index (χ4v) is 3.20. The van der Waals surface area contributed by atoms with E-state index in [9.17, 15) is 4.79 Å². The van der Waals surface area contributed by atoms with Crippen molar-refractivity contribution in [1.29, 1.82) is 0 Å². The Morgan fingerprint density at radius 1 is 0.862 bits per heavy atom. The highest BCUT2D eigenvalue weighted by Gasteiger charge is 2.11. The lowest BCUT2D eigenvalue weighted by Gasteiger charge is -2.11. The van der Waals surface area contributed by atoms with Gasteiger partial charge in [-0.1, -0.05) is 61.2 Å². The van der Waals surface area contributed by atoms with Crippen LogP contribution in [0.25, 0.3) is 0 Å². The number of ether oxygens (including phenoxy) is 1. The molecule has 0 spiro atoms. The molecule has 0 radical (unpaired) electrons. The molecule has 0 amide bonds. The number of hydrogen-bond donors (Lipinski definition) is 0. The predicted molar refractivity (Wildman–Crippen MR) is 118 cm³/mol. The maximum Gasteiger partial charge on any atom is 0.163 e. The number of ketones is 1. The molecule has 1 unspecified atom stereocenters. The molecule has 0 aliphatic heterocycles. The first-order valence-corrected chi connectivity index (χ1v) is 10.1. The summed E-state index contributed by atoms with van der Waals surface area (Å²) in [6, 6.07) is 25.6. The highest BCUT2D eigenvalue weighted by atomic mass is 16.5. The van der Waals surface area contributed by atoms with Crippen LogP contribution in [0.4, 0.5) is 0 Å². The van der Waals surface area contributed by atoms with Gasteiger partial charge in [-0.05, 0) is 61.2 Å². The van der Waals surface area contributed by atoms with Gasteiger partial charge in [0.15, 0.2) is 5.78 Å². The van der Waals surface area contributed by atoms with Crippen molar-refractivity contribution < 1.29 is 9.53 Å². The van der Waals surface area contributed by atoms with Gasteiger partial charge < -0.3 is 4.74 Å². The molecule has 2 heteroatoms. The van der Waals surface area contributed by atoms with Crippen molar-refractivity contribution >= 4 is 5.78 Å². The highest BCUT2D eigenvalue weighted by Crippen LogP contribution is 2.16. The largest absolute Gasteiger partial charge is 0.494 e. The van der Waals surface area contributed by atoms with Crippen LogP contribution in [0.3, 0.4) is 0 Å². The van der Waals surface area contributed by atoms with Crippen LogP contribution in [-0.4, -0.2) is 12.4 Å². The summed E-state index contributed by atoms with van der Waals surface area (Å²) in [6.45, 7) is 4.76. The second-order valence-corrected chi connectivity index (χ2v) is 7.21. The molecule has 3 aromatic rings. The summed E-state index contributed by atoms with van der Waals surface area (Å²) < 4.78 is 5.45. The normalized spacial score (nSPS) is 11.2. The summed E-state index contributed by atoms with van der Waals surface area (Å²) in [5.74, 6) is 7.75. The molecule has 0 N–H and O–H groups in total. The van der Waals surface area contributed by atoms with E-state index in [1.54, 1.807) is 0 Å². The first-order chi connectivity index (χ1) is 14.1. The van der Waals surface area contributed by atoms with E-state index in [0.29, 0.717) is 18.9 Å². The fourth-order valence-electron chi connectivity index (χ4n) is 3.20. The minimum atomic E-state index is 0.205. The van der Waals surface area contributed by atoms with Crippen LogP contribution in [0.15, 0.2) is 78.9 Å². The zero-order valence-electron chi connectivity index (χ0n) is 17.0. The minimum Gasteiger partial charge on any atom is -0.494 e. The zero-order valence-corrected chi connectivity index (χ0v) is 17.0. The van der Waals surface area contributed by atoms with Crippen molar-refractivity contribution in [3.8, 4) is 17.6 Å². The Bertz CT molecular complexity index is 975. The monoisotopic (exact) mass is 382 g/mol. The minimum absolute atomic E-state index is 0.205. The van der Waals surface area contributed by atoms with Crippen LogP contribution in [0, 0.1) is 17.8 Å². The van der Waals surface area contributed by atoms with Gasteiger partial charge in [0.05, 0.1) is 6.61 Å². The second kappa shape index (κ2) is 10.3. The van der Waals surface area contributed by atoms with Gasteiger partial charge in [0.2, 0.25) is 0 Å². The zero-order chi connectivity index (χ0) is 20.5. The van der Waals surface area contributed by atoms with Crippen LogP contribution in [0.2, 0.25) is 0 Å². The van der Waals surface area contributed by atoms with E-state index in [-0.39, 0.29) is 5.78 Å². The molecule has 0 aromatic heterocycles. The van der Waals surface area contributed by atoms with Gasteiger partial charge in [-0.2, -0.15) is 0 Å². The van der Waals surface area contributed by atoms with Crippen molar-refractivity contribution in [2.24, 2.45) is 5.92 Å². The Morgan fingerprint density at radius 2 is 1.45 bits per heavy atom.